The molecule has 0 radical (unpaired) electrons. The van der Waals surface area contributed by atoms with Crippen molar-refractivity contribution >= 4 is 0 Å². The molecule has 0 aromatic carbocycles. The number of nitrogens with zero attached hydrogens (tertiary/aromatic N) is 2. The average molecular weight is 183 g/mol. The number of ether oxygens (including phenoxy) is 1. The van der Waals surface area contributed by atoms with E-state index in [1.54, 1.807) is 6.92 Å². The fourth-order valence-corrected chi connectivity index (χ4v) is 1.38. The van der Waals surface area contributed by atoms with E-state index in [0.717, 1.165) is 6.54 Å². The van der Waals surface area contributed by atoms with E-state index in [4.69, 9.17) is 9.26 Å². The molecule has 2 heterocycles. The molecule has 1 unspecified atom stereocenters. The Morgan fingerprint density at radius 2 is 2.38 bits per heavy atom. The first-order valence-corrected chi connectivity index (χ1v) is 4.36. The van der Waals surface area contributed by atoms with Gasteiger partial charge >= 0.3 is 0 Å². The number of aromatic nitrogens is 2. The maximum atomic E-state index is 5.61. The molecule has 5 nitrogen and oxygen atoms in total. The highest BCUT2D eigenvalue weighted by molar-refractivity contribution is 4.99. The third kappa shape index (κ3) is 1.57. The van der Waals surface area contributed by atoms with Gasteiger partial charge in [0.2, 0.25) is 0 Å². The molecule has 5 heteroatoms. The van der Waals surface area contributed by atoms with Crippen LogP contribution in [0.4, 0.5) is 0 Å². The molecule has 0 spiro atoms. The Morgan fingerprint density at radius 1 is 1.54 bits per heavy atom. The minimum absolute atomic E-state index is 0.459. The van der Waals surface area contributed by atoms with Gasteiger partial charge in [-0.3, -0.25) is 0 Å². The van der Waals surface area contributed by atoms with E-state index in [9.17, 15) is 0 Å². The molecule has 0 bridgehead atoms. The van der Waals surface area contributed by atoms with E-state index >= 15 is 0 Å². The number of hydrogen-bond donors (Lipinski definition) is 1. The molecule has 13 heavy (non-hydrogen) atoms. The molecule has 0 aliphatic carbocycles. The lowest BCUT2D eigenvalue weighted by Crippen LogP contribution is -2.45. The van der Waals surface area contributed by atoms with Crippen molar-refractivity contribution in [3.8, 4) is 0 Å². The molecule has 1 atom stereocenters. The maximum absolute atomic E-state index is 5.61. The van der Waals surface area contributed by atoms with Crippen LogP contribution in [0.5, 0.6) is 0 Å². The molecule has 0 amide bonds. The molecule has 2 rings (SSSR count). The third-order valence-electron chi connectivity index (χ3n) is 2.14. The Kier molecular flexibility index (Phi) is 2.05. The van der Waals surface area contributed by atoms with Crippen LogP contribution >= 0.6 is 0 Å². The lowest BCUT2D eigenvalue weighted by Gasteiger charge is -2.30. The first-order valence-electron chi connectivity index (χ1n) is 4.36. The highest BCUT2D eigenvalue weighted by Crippen LogP contribution is 2.24. The van der Waals surface area contributed by atoms with Crippen LogP contribution in [0.25, 0.3) is 0 Å². The Bertz CT molecular complexity index is 291. The van der Waals surface area contributed by atoms with Crippen LogP contribution in [0.1, 0.15) is 18.6 Å². The van der Waals surface area contributed by atoms with Gasteiger partial charge < -0.3 is 14.6 Å². The number of hydrogen-bond acceptors (Lipinski definition) is 5. The lowest BCUT2D eigenvalue weighted by molar-refractivity contribution is -0.0767. The number of aryl methyl sites for hydroxylation is 1. The zero-order valence-electron chi connectivity index (χ0n) is 7.83. The summed E-state index contributed by atoms with van der Waals surface area (Å²) < 4.78 is 10.7. The van der Waals surface area contributed by atoms with Crippen molar-refractivity contribution in [3.63, 3.8) is 0 Å². The predicted molar refractivity (Wildman–Crippen MR) is 45.2 cm³/mol. The summed E-state index contributed by atoms with van der Waals surface area (Å²) in [5.74, 6) is 1.20. The molecular weight excluding hydrogens is 170 g/mol. The van der Waals surface area contributed by atoms with Crippen LogP contribution < -0.4 is 5.32 Å². The molecule has 1 aromatic heterocycles. The molecule has 1 fully saturated rings. The Labute approximate surface area is 76.5 Å². The van der Waals surface area contributed by atoms with Crippen LogP contribution in [0.15, 0.2) is 4.52 Å². The summed E-state index contributed by atoms with van der Waals surface area (Å²) >= 11 is 0. The number of rotatable bonds is 1. The van der Waals surface area contributed by atoms with Crippen molar-refractivity contribution in [2.75, 3.05) is 19.7 Å². The summed E-state index contributed by atoms with van der Waals surface area (Å²) in [6.45, 7) is 6.02. The molecule has 1 aliphatic heterocycles. The van der Waals surface area contributed by atoms with Gasteiger partial charge in [-0.1, -0.05) is 5.16 Å². The van der Waals surface area contributed by atoms with Crippen LogP contribution in [0.2, 0.25) is 0 Å². The second-order valence-corrected chi connectivity index (χ2v) is 3.40. The first-order chi connectivity index (χ1) is 6.21. The summed E-state index contributed by atoms with van der Waals surface area (Å²) in [6, 6.07) is 0. The van der Waals surface area contributed by atoms with Gasteiger partial charge in [-0.05, 0) is 13.8 Å². The van der Waals surface area contributed by atoms with E-state index in [2.05, 4.69) is 15.5 Å². The van der Waals surface area contributed by atoms with Crippen LogP contribution in [0, 0.1) is 6.92 Å². The van der Waals surface area contributed by atoms with Gasteiger partial charge in [0.1, 0.15) is 0 Å². The van der Waals surface area contributed by atoms with Gasteiger partial charge in [0.25, 0.3) is 5.89 Å². The third-order valence-corrected chi connectivity index (χ3v) is 2.14. The van der Waals surface area contributed by atoms with Crippen LogP contribution in [-0.4, -0.2) is 29.8 Å². The number of morpholine rings is 1. The molecule has 1 N–H and O–H groups in total. The Morgan fingerprint density at radius 3 is 2.92 bits per heavy atom. The van der Waals surface area contributed by atoms with Crippen molar-refractivity contribution in [2.45, 2.75) is 19.4 Å². The Balaban J connectivity index is 2.22. The second kappa shape index (κ2) is 3.08. The smallest absolute Gasteiger partial charge is 0.259 e. The fourth-order valence-electron chi connectivity index (χ4n) is 1.38. The quantitative estimate of drug-likeness (QED) is 0.674. The van der Waals surface area contributed by atoms with Gasteiger partial charge in [0, 0.05) is 13.1 Å². The SMILES string of the molecule is Cc1noc(C2(C)CNCCO2)n1. The van der Waals surface area contributed by atoms with E-state index in [1.165, 1.54) is 0 Å². The minimum atomic E-state index is -0.459. The summed E-state index contributed by atoms with van der Waals surface area (Å²) in [4.78, 5) is 4.16. The van der Waals surface area contributed by atoms with E-state index in [1.807, 2.05) is 6.92 Å². The van der Waals surface area contributed by atoms with Crippen molar-refractivity contribution in [2.24, 2.45) is 0 Å². The van der Waals surface area contributed by atoms with E-state index in [-0.39, 0.29) is 0 Å². The van der Waals surface area contributed by atoms with Gasteiger partial charge in [-0.15, -0.1) is 0 Å². The Hall–Kier alpha value is -0.940. The van der Waals surface area contributed by atoms with Gasteiger partial charge in [-0.2, -0.15) is 4.98 Å². The summed E-state index contributed by atoms with van der Waals surface area (Å²) in [6.07, 6.45) is 0. The van der Waals surface area contributed by atoms with Crippen LogP contribution in [-0.2, 0) is 10.3 Å². The van der Waals surface area contributed by atoms with Gasteiger partial charge in [0.05, 0.1) is 6.61 Å². The first kappa shape index (κ1) is 8.65. The monoisotopic (exact) mass is 183 g/mol. The van der Waals surface area contributed by atoms with E-state index in [0.29, 0.717) is 24.9 Å². The van der Waals surface area contributed by atoms with Gasteiger partial charge in [-0.25, -0.2) is 0 Å². The van der Waals surface area contributed by atoms with Crippen molar-refractivity contribution < 1.29 is 9.26 Å². The molecule has 1 aliphatic rings. The zero-order chi connectivity index (χ0) is 9.31. The standard InChI is InChI=1S/C8H13N3O2/c1-6-10-7(13-11-6)8(2)5-9-3-4-12-8/h9H,3-5H2,1-2H3. The normalized spacial score (nSPS) is 29.1. The maximum Gasteiger partial charge on any atom is 0.259 e. The lowest BCUT2D eigenvalue weighted by atomic mass is 10.1. The highest BCUT2D eigenvalue weighted by Gasteiger charge is 2.35. The summed E-state index contributed by atoms with van der Waals surface area (Å²) in [5, 5.41) is 6.97. The van der Waals surface area contributed by atoms with Gasteiger partial charge in [0.15, 0.2) is 11.4 Å². The molecule has 72 valence electrons. The summed E-state index contributed by atoms with van der Waals surface area (Å²) in [7, 11) is 0. The van der Waals surface area contributed by atoms with Crippen molar-refractivity contribution in [3.05, 3.63) is 11.7 Å². The molecule has 0 saturated carbocycles. The zero-order valence-corrected chi connectivity index (χ0v) is 7.83. The minimum Gasteiger partial charge on any atom is -0.363 e. The topological polar surface area (TPSA) is 60.2 Å². The highest BCUT2D eigenvalue weighted by atomic mass is 16.5. The second-order valence-electron chi connectivity index (χ2n) is 3.40. The van der Waals surface area contributed by atoms with Crippen molar-refractivity contribution in [1.29, 1.82) is 0 Å². The largest absolute Gasteiger partial charge is 0.363 e. The molecule has 1 saturated heterocycles. The molecular formula is C8H13N3O2. The average Bonchev–Trinajstić information content (AvgIpc) is 2.54. The van der Waals surface area contributed by atoms with Crippen molar-refractivity contribution in [1.82, 2.24) is 15.5 Å². The fraction of sp³-hybridized carbons (Fsp3) is 0.750. The molecule has 1 aromatic rings. The number of nitrogens with one attached hydrogen (secondary N) is 1. The summed E-state index contributed by atoms with van der Waals surface area (Å²) in [5.41, 5.74) is -0.459. The predicted octanol–water partition coefficient (Wildman–Crippen LogP) is 0.213. The van der Waals surface area contributed by atoms with E-state index < -0.39 is 5.60 Å². The van der Waals surface area contributed by atoms with Crippen LogP contribution in [0.3, 0.4) is 0 Å².